The molecule has 0 amide bonds. The fourth-order valence-corrected chi connectivity index (χ4v) is 1.29. The number of rotatable bonds is 6. The van der Waals surface area contributed by atoms with Gasteiger partial charge in [0.05, 0.1) is 0 Å². The van der Waals surface area contributed by atoms with Crippen LogP contribution in [0.25, 0.3) is 0 Å². The molecular formula is C14H20O. The summed E-state index contributed by atoms with van der Waals surface area (Å²) in [6.45, 7) is 9.60. The van der Waals surface area contributed by atoms with Gasteiger partial charge < -0.3 is 0 Å². The summed E-state index contributed by atoms with van der Waals surface area (Å²) >= 11 is 0. The van der Waals surface area contributed by atoms with Crippen LogP contribution in [-0.4, -0.2) is 5.78 Å². The smallest absolute Gasteiger partial charge is 0.192 e. The second-order valence-corrected chi connectivity index (χ2v) is 3.17. The van der Waals surface area contributed by atoms with Crippen LogP contribution < -0.4 is 0 Å². The van der Waals surface area contributed by atoms with Crippen molar-refractivity contribution in [3.63, 3.8) is 0 Å². The van der Waals surface area contributed by atoms with Crippen LogP contribution in [0.4, 0.5) is 0 Å². The Morgan fingerprint density at radius 3 is 2.07 bits per heavy atom. The Morgan fingerprint density at radius 1 is 1.13 bits per heavy atom. The molecule has 0 bridgehead atoms. The van der Waals surface area contributed by atoms with E-state index in [9.17, 15) is 4.79 Å². The molecule has 0 atom stereocenters. The number of hydrogen-bond donors (Lipinski definition) is 0. The summed E-state index contributed by atoms with van der Waals surface area (Å²) in [6.07, 6.45) is 10.9. The highest BCUT2D eigenvalue weighted by atomic mass is 16.1. The number of carbonyl (C=O) groups is 1. The highest BCUT2D eigenvalue weighted by molar-refractivity contribution is 6.11. The third-order valence-corrected chi connectivity index (χ3v) is 1.94. The lowest BCUT2D eigenvalue weighted by Gasteiger charge is -2.02. The molecule has 15 heavy (non-hydrogen) atoms. The van der Waals surface area contributed by atoms with E-state index < -0.39 is 0 Å². The van der Waals surface area contributed by atoms with Gasteiger partial charge in [-0.05, 0) is 19.8 Å². The summed E-state index contributed by atoms with van der Waals surface area (Å²) in [4.78, 5) is 12.0. The van der Waals surface area contributed by atoms with Crippen molar-refractivity contribution in [3.8, 4) is 0 Å². The summed E-state index contributed by atoms with van der Waals surface area (Å²) in [5, 5.41) is 0. The van der Waals surface area contributed by atoms with Crippen molar-refractivity contribution in [2.75, 3.05) is 0 Å². The van der Waals surface area contributed by atoms with Crippen LogP contribution in [-0.2, 0) is 4.79 Å². The van der Waals surface area contributed by atoms with Crippen molar-refractivity contribution in [1.82, 2.24) is 0 Å². The van der Waals surface area contributed by atoms with Crippen molar-refractivity contribution in [3.05, 3.63) is 48.1 Å². The average molecular weight is 204 g/mol. The molecular weight excluding hydrogens is 184 g/mol. The van der Waals surface area contributed by atoms with E-state index in [2.05, 4.69) is 6.58 Å². The largest absolute Gasteiger partial charge is 0.289 e. The maximum atomic E-state index is 12.0. The standard InChI is InChI=1S/C14H20O/c1-5-9-12(8-4)14(15)13(10-6-2)11-7-3/h6,8-11H,4-5,7H2,1-3H3/b10-6-,12-9+,13-11+. The Labute approximate surface area is 92.9 Å². The molecule has 0 aliphatic heterocycles. The predicted molar refractivity (Wildman–Crippen MR) is 66.8 cm³/mol. The molecule has 0 N–H and O–H groups in total. The zero-order valence-corrected chi connectivity index (χ0v) is 9.92. The number of ketones is 1. The van der Waals surface area contributed by atoms with Crippen molar-refractivity contribution >= 4 is 5.78 Å². The van der Waals surface area contributed by atoms with E-state index >= 15 is 0 Å². The first-order chi connectivity index (χ1) is 7.21. The highest BCUT2D eigenvalue weighted by Gasteiger charge is 2.08. The zero-order valence-electron chi connectivity index (χ0n) is 9.92. The second kappa shape index (κ2) is 7.98. The zero-order chi connectivity index (χ0) is 11.7. The van der Waals surface area contributed by atoms with Crippen LogP contribution in [0.15, 0.2) is 48.1 Å². The predicted octanol–water partition coefficient (Wildman–Crippen LogP) is 3.99. The molecule has 0 heterocycles. The lowest BCUT2D eigenvalue weighted by Crippen LogP contribution is -2.03. The summed E-state index contributed by atoms with van der Waals surface area (Å²) in [7, 11) is 0. The molecule has 0 spiro atoms. The van der Waals surface area contributed by atoms with E-state index in [4.69, 9.17) is 0 Å². The minimum atomic E-state index is 0.0619. The van der Waals surface area contributed by atoms with Crippen molar-refractivity contribution < 1.29 is 4.79 Å². The molecule has 0 saturated heterocycles. The molecule has 0 aromatic heterocycles. The van der Waals surface area contributed by atoms with Gasteiger partial charge in [-0.1, -0.05) is 50.8 Å². The maximum Gasteiger partial charge on any atom is 0.192 e. The number of Topliss-reactive ketones (excluding diaryl/α,β-unsaturated/α-hetero) is 1. The van der Waals surface area contributed by atoms with Gasteiger partial charge >= 0.3 is 0 Å². The van der Waals surface area contributed by atoms with E-state index in [1.807, 2.05) is 45.1 Å². The highest BCUT2D eigenvalue weighted by Crippen LogP contribution is 2.10. The molecule has 0 aliphatic rings. The third-order valence-electron chi connectivity index (χ3n) is 1.94. The van der Waals surface area contributed by atoms with Crippen LogP contribution in [0.1, 0.15) is 33.6 Å². The van der Waals surface area contributed by atoms with Crippen molar-refractivity contribution in [2.24, 2.45) is 0 Å². The number of allylic oxidation sites excluding steroid dienone is 7. The summed E-state index contributed by atoms with van der Waals surface area (Å²) in [6, 6.07) is 0. The Bertz CT molecular complexity index is 303. The molecule has 0 aromatic rings. The van der Waals surface area contributed by atoms with Crippen molar-refractivity contribution in [2.45, 2.75) is 33.6 Å². The fourth-order valence-electron chi connectivity index (χ4n) is 1.29. The van der Waals surface area contributed by atoms with Gasteiger partial charge in [-0.25, -0.2) is 0 Å². The van der Waals surface area contributed by atoms with Gasteiger partial charge in [-0.2, -0.15) is 0 Å². The van der Waals surface area contributed by atoms with Crippen LogP contribution in [0.2, 0.25) is 0 Å². The molecule has 0 unspecified atom stereocenters. The Balaban J connectivity index is 5.00. The van der Waals surface area contributed by atoms with Gasteiger partial charge in [0.1, 0.15) is 0 Å². The van der Waals surface area contributed by atoms with E-state index in [0.717, 1.165) is 18.4 Å². The molecule has 1 heteroatoms. The number of carbonyl (C=O) groups excluding carboxylic acids is 1. The van der Waals surface area contributed by atoms with Crippen LogP contribution >= 0.6 is 0 Å². The second-order valence-electron chi connectivity index (χ2n) is 3.17. The fraction of sp³-hybridized carbons (Fsp3) is 0.357. The normalized spacial score (nSPS) is 13.3. The molecule has 0 fully saturated rings. The Hall–Kier alpha value is -1.37. The first-order valence-electron chi connectivity index (χ1n) is 5.41. The SMILES string of the molecule is C=C/C(=C\CC)C(=O)C(/C=C\C)=C/CC. The van der Waals surface area contributed by atoms with E-state index in [0.29, 0.717) is 5.57 Å². The lowest BCUT2D eigenvalue weighted by atomic mass is 10.0. The topological polar surface area (TPSA) is 17.1 Å². The van der Waals surface area contributed by atoms with E-state index in [1.54, 1.807) is 6.08 Å². The molecule has 0 saturated carbocycles. The minimum Gasteiger partial charge on any atom is -0.289 e. The molecule has 0 radical (unpaired) electrons. The first-order valence-corrected chi connectivity index (χ1v) is 5.41. The molecule has 82 valence electrons. The maximum absolute atomic E-state index is 12.0. The molecule has 0 aromatic carbocycles. The van der Waals surface area contributed by atoms with Gasteiger partial charge in [-0.15, -0.1) is 0 Å². The minimum absolute atomic E-state index is 0.0619. The Kier molecular flexibility index (Phi) is 7.25. The van der Waals surface area contributed by atoms with Gasteiger partial charge in [0.25, 0.3) is 0 Å². The summed E-state index contributed by atoms with van der Waals surface area (Å²) in [5.41, 5.74) is 1.44. The van der Waals surface area contributed by atoms with Gasteiger partial charge in [0, 0.05) is 11.1 Å². The molecule has 1 nitrogen and oxygen atoms in total. The quantitative estimate of drug-likeness (QED) is 0.472. The van der Waals surface area contributed by atoms with Gasteiger partial charge in [0.2, 0.25) is 0 Å². The summed E-state index contributed by atoms with van der Waals surface area (Å²) in [5.74, 6) is 0.0619. The van der Waals surface area contributed by atoms with Crippen LogP contribution in [0.5, 0.6) is 0 Å². The molecule has 0 rings (SSSR count). The van der Waals surface area contributed by atoms with E-state index in [1.165, 1.54) is 0 Å². The first kappa shape index (κ1) is 13.6. The third kappa shape index (κ3) is 4.59. The number of hydrogen-bond acceptors (Lipinski definition) is 1. The van der Waals surface area contributed by atoms with Crippen LogP contribution in [0, 0.1) is 0 Å². The van der Waals surface area contributed by atoms with Gasteiger partial charge in [-0.3, -0.25) is 4.79 Å². The lowest BCUT2D eigenvalue weighted by molar-refractivity contribution is -0.111. The van der Waals surface area contributed by atoms with Crippen LogP contribution in [0.3, 0.4) is 0 Å². The summed E-state index contributed by atoms with van der Waals surface area (Å²) < 4.78 is 0. The monoisotopic (exact) mass is 204 g/mol. The van der Waals surface area contributed by atoms with Crippen molar-refractivity contribution in [1.29, 1.82) is 0 Å². The van der Waals surface area contributed by atoms with E-state index in [-0.39, 0.29) is 5.78 Å². The average Bonchev–Trinajstić information content (AvgIpc) is 2.24. The molecule has 0 aliphatic carbocycles. The van der Waals surface area contributed by atoms with Gasteiger partial charge in [0.15, 0.2) is 5.78 Å². The Morgan fingerprint density at radius 2 is 1.67 bits per heavy atom.